The summed E-state index contributed by atoms with van der Waals surface area (Å²) < 4.78 is 39.2. The molecular weight excluding hydrogens is 425 g/mol. The van der Waals surface area contributed by atoms with Gasteiger partial charge in [0.2, 0.25) is 5.69 Å². The number of aromatic hydroxyl groups is 1. The number of H-pyrrole nitrogens is 1. The second kappa shape index (κ2) is 7.63. The van der Waals surface area contributed by atoms with E-state index in [0.717, 1.165) is 51.0 Å². The van der Waals surface area contributed by atoms with Crippen LogP contribution in [0.5, 0.6) is 5.75 Å². The summed E-state index contributed by atoms with van der Waals surface area (Å²) in [5.74, 6) is 0.138. The predicted octanol–water partition coefficient (Wildman–Crippen LogP) is 1.65. The molecule has 5 rings (SSSR count). The molecule has 7 heteroatoms. The largest absolute Gasteiger partial charge is 1.00 e. The number of hydrogen-bond acceptors (Lipinski definition) is 1. The van der Waals surface area contributed by atoms with Crippen molar-refractivity contribution in [2.45, 2.75) is 6.18 Å². The third-order valence-electron chi connectivity index (χ3n) is 5.29. The molecule has 0 bridgehead atoms. The summed E-state index contributed by atoms with van der Waals surface area (Å²) in [4.78, 5) is 6.40. The molecule has 0 fully saturated rings. The quantitative estimate of drug-likeness (QED) is 0.436. The normalized spacial score (nSPS) is 14.4. The summed E-state index contributed by atoms with van der Waals surface area (Å²) >= 11 is 0. The van der Waals surface area contributed by atoms with E-state index in [1.165, 1.54) is 12.1 Å². The van der Waals surface area contributed by atoms with E-state index >= 15 is 0 Å². The molecule has 1 aromatic heterocycles. The van der Waals surface area contributed by atoms with Crippen LogP contribution >= 0.6 is 0 Å². The Labute approximate surface area is 182 Å². The number of aromatic amines is 1. The minimum atomic E-state index is -4.39. The fourth-order valence-corrected chi connectivity index (χ4v) is 3.88. The Morgan fingerprint density at radius 1 is 0.935 bits per heavy atom. The number of hydrogen-bond donors (Lipinski definition) is 3. The Kier molecular flexibility index (Phi) is 5.11. The number of aromatic nitrogens is 1. The highest BCUT2D eigenvalue weighted by molar-refractivity contribution is 6.24. The summed E-state index contributed by atoms with van der Waals surface area (Å²) in [5, 5.41) is 10.7. The molecule has 0 radical (unpaired) electrons. The molecule has 3 N–H and O–H groups in total. The van der Waals surface area contributed by atoms with Crippen LogP contribution in [0, 0.1) is 0 Å². The van der Waals surface area contributed by atoms with Gasteiger partial charge >= 0.3 is 6.18 Å². The number of benzene rings is 3. The molecule has 0 saturated heterocycles. The minimum Gasteiger partial charge on any atom is -1.00 e. The topological polar surface area (TPSA) is 50.0 Å². The fraction of sp³-hybridized carbons (Fsp3) is 0.0417. The maximum Gasteiger partial charge on any atom is 0.416 e. The van der Waals surface area contributed by atoms with Crippen molar-refractivity contribution < 1.29 is 35.7 Å². The maximum atomic E-state index is 13.1. The van der Waals surface area contributed by atoms with Crippen LogP contribution in [0.1, 0.15) is 22.3 Å². The zero-order chi connectivity index (χ0) is 20.9. The average molecular weight is 441 g/mol. The van der Waals surface area contributed by atoms with Crippen LogP contribution in [0.3, 0.4) is 0 Å². The molecule has 156 valence electrons. The Morgan fingerprint density at radius 3 is 2.42 bits per heavy atom. The van der Waals surface area contributed by atoms with Crippen molar-refractivity contribution in [3.05, 3.63) is 95.2 Å². The number of fused-ring (bicyclic) bond motifs is 2. The molecular formula is C24H16ClF3N2O. The van der Waals surface area contributed by atoms with Crippen molar-refractivity contribution in [1.82, 2.24) is 4.98 Å². The van der Waals surface area contributed by atoms with Crippen molar-refractivity contribution in [2.75, 3.05) is 0 Å². The molecule has 2 heterocycles. The van der Waals surface area contributed by atoms with E-state index in [1.54, 1.807) is 18.2 Å². The lowest BCUT2D eigenvalue weighted by Crippen LogP contribution is -3.00. The van der Waals surface area contributed by atoms with Crippen LogP contribution in [-0.2, 0) is 6.18 Å². The van der Waals surface area contributed by atoms with Crippen molar-refractivity contribution in [2.24, 2.45) is 0 Å². The van der Waals surface area contributed by atoms with Gasteiger partial charge in [0.05, 0.1) is 16.7 Å². The van der Waals surface area contributed by atoms with Gasteiger partial charge in [0, 0.05) is 40.4 Å². The lowest BCUT2D eigenvalue weighted by Gasteiger charge is -2.12. The van der Waals surface area contributed by atoms with Gasteiger partial charge in [-0.3, -0.25) is 0 Å². The standard InChI is InChI=1S/C24H15F3N2O.ClH/c25-24(26,27)15-7-5-14(6-8-15)23(19-12-28-21-4-2-1-3-17(19)21)20-13-29-22-11-16(30)9-10-18(20)22;/h1-13,29-30H;1H. The highest BCUT2D eigenvalue weighted by Gasteiger charge is 2.31. The first-order valence-corrected chi connectivity index (χ1v) is 9.33. The monoisotopic (exact) mass is 440 g/mol. The van der Waals surface area contributed by atoms with Crippen molar-refractivity contribution in [1.29, 1.82) is 0 Å². The SMILES string of the molecule is Oc1ccc2c(C(=C3C=[NH+]c4ccccc43)c3ccc(C(F)(F)F)cc3)c[nH]c2c1.[Cl-]. The summed E-state index contributed by atoms with van der Waals surface area (Å²) in [5.41, 5.74) is 5.17. The van der Waals surface area contributed by atoms with Gasteiger partial charge in [-0.15, -0.1) is 0 Å². The molecule has 0 unspecified atom stereocenters. The van der Waals surface area contributed by atoms with Gasteiger partial charge < -0.3 is 22.5 Å². The fourth-order valence-electron chi connectivity index (χ4n) is 3.88. The first-order valence-electron chi connectivity index (χ1n) is 9.33. The van der Waals surface area contributed by atoms with E-state index < -0.39 is 11.7 Å². The molecule has 4 aromatic rings. The van der Waals surface area contributed by atoms with Crippen LogP contribution < -0.4 is 17.4 Å². The number of halogens is 4. The first kappa shape index (κ1) is 20.8. The van der Waals surface area contributed by atoms with Crippen LogP contribution in [0.2, 0.25) is 0 Å². The molecule has 0 aliphatic carbocycles. The van der Waals surface area contributed by atoms with Crippen LogP contribution in [0.25, 0.3) is 22.0 Å². The van der Waals surface area contributed by atoms with Crippen molar-refractivity contribution >= 4 is 34.0 Å². The van der Waals surface area contributed by atoms with Gasteiger partial charge in [-0.05, 0) is 35.9 Å². The zero-order valence-corrected chi connectivity index (χ0v) is 16.7. The number of allylic oxidation sites excluding steroid dienone is 1. The lowest BCUT2D eigenvalue weighted by molar-refractivity contribution is -0.342. The van der Waals surface area contributed by atoms with E-state index in [0.29, 0.717) is 5.56 Å². The molecule has 3 nitrogen and oxygen atoms in total. The maximum absolute atomic E-state index is 13.1. The van der Waals surface area contributed by atoms with E-state index in [1.807, 2.05) is 36.7 Å². The van der Waals surface area contributed by atoms with E-state index in [-0.39, 0.29) is 18.2 Å². The Bertz CT molecular complexity index is 1340. The molecule has 0 saturated carbocycles. The first-order chi connectivity index (χ1) is 14.4. The third-order valence-corrected chi connectivity index (χ3v) is 5.29. The predicted molar refractivity (Wildman–Crippen MR) is 110 cm³/mol. The van der Waals surface area contributed by atoms with Gasteiger partial charge in [0.15, 0.2) is 6.21 Å². The minimum absolute atomic E-state index is 0. The molecule has 0 amide bonds. The lowest BCUT2D eigenvalue weighted by atomic mass is 9.89. The van der Waals surface area contributed by atoms with Gasteiger partial charge in [0.25, 0.3) is 0 Å². The number of alkyl halides is 3. The molecule has 0 spiro atoms. The number of nitrogens with one attached hydrogen (secondary N) is 2. The second-order valence-corrected chi connectivity index (χ2v) is 7.13. The summed E-state index contributed by atoms with van der Waals surface area (Å²) in [6.07, 6.45) is -0.701. The second-order valence-electron chi connectivity index (χ2n) is 7.13. The van der Waals surface area contributed by atoms with Crippen molar-refractivity contribution in [3.63, 3.8) is 0 Å². The summed E-state index contributed by atoms with van der Waals surface area (Å²) in [7, 11) is 0. The van der Waals surface area contributed by atoms with Crippen molar-refractivity contribution in [3.8, 4) is 5.75 Å². The summed E-state index contributed by atoms with van der Waals surface area (Å²) in [6.45, 7) is 0. The van der Waals surface area contributed by atoms with E-state index in [4.69, 9.17) is 0 Å². The summed E-state index contributed by atoms with van der Waals surface area (Å²) in [6, 6.07) is 18.0. The van der Waals surface area contributed by atoms with Crippen LogP contribution in [0.4, 0.5) is 18.9 Å². The van der Waals surface area contributed by atoms with E-state index in [2.05, 4.69) is 9.98 Å². The highest BCUT2D eigenvalue weighted by atomic mass is 35.5. The van der Waals surface area contributed by atoms with Gasteiger partial charge in [-0.25, -0.2) is 4.99 Å². The zero-order valence-electron chi connectivity index (χ0n) is 16.0. The number of para-hydroxylation sites is 1. The molecule has 31 heavy (non-hydrogen) atoms. The average Bonchev–Trinajstić information content (AvgIpc) is 3.33. The van der Waals surface area contributed by atoms with Gasteiger partial charge in [-0.1, -0.05) is 24.3 Å². The number of rotatable bonds is 2. The van der Waals surface area contributed by atoms with Gasteiger partial charge in [-0.2, -0.15) is 13.2 Å². The molecule has 1 aliphatic rings. The Hall–Kier alpha value is -3.51. The molecule has 3 aromatic carbocycles. The van der Waals surface area contributed by atoms with Crippen LogP contribution in [0.15, 0.2) is 72.9 Å². The molecule has 1 aliphatic heterocycles. The Morgan fingerprint density at radius 2 is 1.68 bits per heavy atom. The number of phenols is 1. The molecule has 0 atom stereocenters. The van der Waals surface area contributed by atoms with Crippen LogP contribution in [-0.4, -0.2) is 16.3 Å². The van der Waals surface area contributed by atoms with E-state index in [9.17, 15) is 18.3 Å². The smallest absolute Gasteiger partial charge is 0.416 e. The third kappa shape index (κ3) is 3.59. The Balaban J connectivity index is 0.00000231. The highest BCUT2D eigenvalue weighted by Crippen LogP contribution is 2.39. The number of phenolic OH excluding ortho intramolecular Hbond substituents is 1. The van der Waals surface area contributed by atoms with Gasteiger partial charge in [0.1, 0.15) is 5.75 Å².